The van der Waals surface area contributed by atoms with Crippen LogP contribution in [0.15, 0.2) is 47.5 Å². The topological polar surface area (TPSA) is 41.5 Å². The van der Waals surface area contributed by atoms with Crippen LogP contribution in [0.2, 0.25) is 0 Å². The predicted octanol–water partition coefficient (Wildman–Crippen LogP) is 3.04. The summed E-state index contributed by atoms with van der Waals surface area (Å²) in [5.74, 6) is -1.22. The van der Waals surface area contributed by atoms with Gasteiger partial charge in [0.25, 0.3) is 5.91 Å². The maximum Gasteiger partial charge on any atom is 0.275 e. The zero-order valence-corrected chi connectivity index (χ0v) is 9.65. The number of amides is 1. The molecule has 0 atom stereocenters. The fourth-order valence-corrected chi connectivity index (χ4v) is 1.88. The largest absolute Gasteiger partial charge is 0.320 e. The molecule has 0 aromatic heterocycles. The van der Waals surface area contributed by atoms with E-state index in [1.54, 1.807) is 0 Å². The number of anilines is 1. The smallest absolute Gasteiger partial charge is 0.275 e. The second-order valence-corrected chi connectivity index (χ2v) is 4.08. The van der Waals surface area contributed by atoms with Gasteiger partial charge in [0.1, 0.15) is 17.3 Å². The van der Waals surface area contributed by atoms with Crippen molar-refractivity contribution in [3.05, 3.63) is 59.7 Å². The standard InChI is InChI=1S/C14H8F2N2O/c15-8-1-4-10(5-2-8)17-13-11-7-9(16)3-6-12(11)18-14(13)19/h1-7H,(H,17,18,19). The van der Waals surface area contributed by atoms with Gasteiger partial charge in [0.05, 0.1) is 11.4 Å². The van der Waals surface area contributed by atoms with Crippen LogP contribution in [-0.4, -0.2) is 11.6 Å². The monoisotopic (exact) mass is 258 g/mol. The Morgan fingerprint density at radius 1 is 0.947 bits per heavy atom. The third-order valence-electron chi connectivity index (χ3n) is 2.77. The summed E-state index contributed by atoms with van der Waals surface area (Å²) in [4.78, 5) is 15.9. The van der Waals surface area contributed by atoms with Crippen molar-refractivity contribution in [1.82, 2.24) is 0 Å². The van der Waals surface area contributed by atoms with E-state index >= 15 is 0 Å². The minimum atomic E-state index is -0.443. The summed E-state index contributed by atoms with van der Waals surface area (Å²) in [6.45, 7) is 0. The highest BCUT2D eigenvalue weighted by atomic mass is 19.1. The Balaban J connectivity index is 2.08. The molecule has 0 fully saturated rings. The molecule has 0 saturated heterocycles. The van der Waals surface area contributed by atoms with Gasteiger partial charge in [0, 0.05) is 5.56 Å². The first-order chi connectivity index (χ1) is 9.13. The SMILES string of the molecule is O=C1Nc2ccc(F)cc2C1=Nc1ccc(F)cc1. The van der Waals surface area contributed by atoms with E-state index in [1.807, 2.05) is 0 Å². The molecule has 19 heavy (non-hydrogen) atoms. The maximum absolute atomic E-state index is 13.2. The van der Waals surface area contributed by atoms with Gasteiger partial charge in [0.2, 0.25) is 0 Å². The average molecular weight is 258 g/mol. The molecule has 0 spiro atoms. The van der Waals surface area contributed by atoms with Gasteiger partial charge < -0.3 is 5.32 Å². The van der Waals surface area contributed by atoms with Crippen molar-refractivity contribution in [2.45, 2.75) is 0 Å². The molecule has 0 saturated carbocycles. The molecule has 2 aromatic carbocycles. The van der Waals surface area contributed by atoms with Gasteiger partial charge in [-0.05, 0) is 42.5 Å². The number of carbonyl (C=O) groups is 1. The molecule has 94 valence electrons. The van der Waals surface area contributed by atoms with Gasteiger partial charge in [-0.2, -0.15) is 0 Å². The Hall–Kier alpha value is -2.56. The van der Waals surface area contributed by atoms with Gasteiger partial charge in [-0.15, -0.1) is 0 Å². The average Bonchev–Trinajstić information content (AvgIpc) is 2.69. The Labute approximate surface area is 107 Å². The molecule has 2 aromatic rings. The summed E-state index contributed by atoms with van der Waals surface area (Å²) in [5.41, 5.74) is 1.49. The molecule has 0 radical (unpaired) electrons. The summed E-state index contributed by atoms with van der Waals surface area (Å²) >= 11 is 0. The Morgan fingerprint density at radius 2 is 1.63 bits per heavy atom. The molecule has 3 nitrogen and oxygen atoms in total. The van der Waals surface area contributed by atoms with E-state index < -0.39 is 11.7 Å². The third kappa shape index (κ3) is 2.10. The van der Waals surface area contributed by atoms with Gasteiger partial charge in [-0.25, -0.2) is 13.8 Å². The summed E-state index contributed by atoms with van der Waals surface area (Å²) in [6, 6.07) is 9.39. The number of benzene rings is 2. The van der Waals surface area contributed by atoms with Crippen molar-refractivity contribution in [3.8, 4) is 0 Å². The predicted molar refractivity (Wildman–Crippen MR) is 67.6 cm³/mol. The van der Waals surface area contributed by atoms with Gasteiger partial charge in [-0.1, -0.05) is 0 Å². The van der Waals surface area contributed by atoms with Crippen molar-refractivity contribution in [1.29, 1.82) is 0 Å². The maximum atomic E-state index is 13.2. The van der Waals surface area contributed by atoms with E-state index in [0.29, 0.717) is 16.9 Å². The summed E-state index contributed by atoms with van der Waals surface area (Å²) in [5, 5.41) is 2.60. The summed E-state index contributed by atoms with van der Waals surface area (Å²) in [7, 11) is 0. The highest BCUT2D eigenvalue weighted by Crippen LogP contribution is 2.26. The number of nitrogens with one attached hydrogen (secondary N) is 1. The number of nitrogens with zero attached hydrogens (tertiary/aromatic N) is 1. The minimum Gasteiger partial charge on any atom is -0.320 e. The number of carbonyl (C=O) groups excluding carboxylic acids is 1. The lowest BCUT2D eigenvalue weighted by molar-refractivity contribution is -0.110. The van der Waals surface area contributed by atoms with Crippen LogP contribution in [0.25, 0.3) is 0 Å². The van der Waals surface area contributed by atoms with Crippen molar-refractivity contribution in [3.63, 3.8) is 0 Å². The lowest BCUT2D eigenvalue weighted by Crippen LogP contribution is -2.13. The molecule has 1 amide bonds. The van der Waals surface area contributed by atoms with Gasteiger partial charge in [-0.3, -0.25) is 4.79 Å². The number of hydrogen-bond acceptors (Lipinski definition) is 2. The van der Waals surface area contributed by atoms with Crippen molar-refractivity contribution in [2.75, 3.05) is 5.32 Å². The van der Waals surface area contributed by atoms with E-state index in [9.17, 15) is 13.6 Å². The summed E-state index contributed by atoms with van der Waals surface area (Å²) in [6.07, 6.45) is 0. The number of rotatable bonds is 1. The minimum absolute atomic E-state index is 0.126. The lowest BCUT2D eigenvalue weighted by Gasteiger charge is -1.98. The van der Waals surface area contributed by atoms with Crippen LogP contribution < -0.4 is 5.32 Å². The lowest BCUT2D eigenvalue weighted by atomic mass is 10.1. The van der Waals surface area contributed by atoms with E-state index in [4.69, 9.17) is 0 Å². The molecule has 0 bridgehead atoms. The molecular weight excluding hydrogens is 250 g/mol. The first-order valence-electron chi connectivity index (χ1n) is 5.59. The van der Waals surface area contributed by atoms with Gasteiger partial charge in [0.15, 0.2) is 0 Å². The zero-order chi connectivity index (χ0) is 13.4. The molecule has 0 aliphatic carbocycles. The quantitative estimate of drug-likeness (QED) is 0.839. The summed E-state index contributed by atoms with van der Waals surface area (Å²) < 4.78 is 26.0. The molecule has 1 heterocycles. The Kier molecular flexibility index (Phi) is 2.59. The number of hydrogen-bond donors (Lipinski definition) is 1. The molecule has 5 heteroatoms. The van der Waals surface area contributed by atoms with E-state index in [-0.39, 0.29) is 11.5 Å². The van der Waals surface area contributed by atoms with E-state index in [1.165, 1.54) is 42.5 Å². The van der Waals surface area contributed by atoms with Gasteiger partial charge >= 0.3 is 0 Å². The highest BCUT2D eigenvalue weighted by molar-refractivity contribution is 6.54. The van der Waals surface area contributed by atoms with Crippen LogP contribution in [-0.2, 0) is 4.79 Å². The number of fused-ring (bicyclic) bond motifs is 1. The van der Waals surface area contributed by atoms with Crippen LogP contribution in [0.5, 0.6) is 0 Å². The van der Waals surface area contributed by atoms with E-state index in [2.05, 4.69) is 10.3 Å². The van der Waals surface area contributed by atoms with Crippen LogP contribution in [0, 0.1) is 11.6 Å². The Morgan fingerprint density at radius 3 is 2.37 bits per heavy atom. The van der Waals surface area contributed by atoms with Crippen molar-refractivity contribution in [2.24, 2.45) is 4.99 Å². The van der Waals surface area contributed by atoms with Crippen LogP contribution in [0.1, 0.15) is 5.56 Å². The molecule has 1 N–H and O–H groups in total. The van der Waals surface area contributed by atoms with Crippen molar-refractivity contribution >= 4 is 23.0 Å². The second-order valence-electron chi connectivity index (χ2n) is 4.08. The van der Waals surface area contributed by atoms with Crippen LogP contribution >= 0.6 is 0 Å². The number of halogens is 2. The number of aliphatic imine (C=N–C) groups is 1. The molecule has 1 aliphatic rings. The van der Waals surface area contributed by atoms with E-state index in [0.717, 1.165) is 0 Å². The highest BCUT2D eigenvalue weighted by Gasteiger charge is 2.26. The fourth-order valence-electron chi connectivity index (χ4n) is 1.88. The fraction of sp³-hybridized carbons (Fsp3) is 0. The van der Waals surface area contributed by atoms with Crippen LogP contribution in [0.3, 0.4) is 0 Å². The van der Waals surface area contributed by atoms with Crippen molar-refractivity contribution < 1.29 is 13.6 Å². The Bertz CT molecular complexity index is 693. The van der Waals surface area contributed by atoms with Crippen LogP contribution in [0.4, 0.5) is 20.2 Å². The normalized spacial score (nSPS) is 15.5. The second kappa shape index (κ2) is 4.28. The molecule has 1 aliphatic heterocycles. The third-order valence-corrected chi connectivity index (χ3v) is 2.77. The molecule has 3 rings (SSSR count). The molecule has 0 unspecified atom stereocenters. The molecular formula is C14H8F2N2O. The first kappa shape index (κ1) is 11.5. The first-order valence-corrected chi connectivity index (χ1v) is 5.59. The zero-order valence-electron chi connectivity index (χ0n) is 9.65.